The zero-order valence-corrected chi connectivity index (χ0v) is 16.6. The average Bonchev–Trinajstić information content (AvgIpc) is 3.27. The van der Waals surface area contributed by atoms with E-state index in [2.05, 4.69) is 30.6 Å². The Bertz CT molecular complexity index is 1240. The van der Waals surface area contributed by atoms with Gasteiger partial charge in [-0.15, -0.1) is 5.10 Å². The van der Waals surface area contributed by atoms with Crippen LogP contribution in [0.1, 0.15) is 11.4 Å². The topological polar surface area (TPSA) is 101 Å². The van der Waals surface area contributed by atoms with Crippen LogP contribution in [-0.4, -0.2) is 52.1 Å². The standard InChI is InChI=1S/C17H17ClFN9O/c1-8-4-12(26(3)23-8)28-9(2)13-16(25-28)29-7-10(19)6-27-15-11(14(18)24-27)5-20-17(21-13)22-15/h4-5,10H,6-7H2,1-3H3,(H,20,21,22)/t10-/m0/s1. The Hall–Kier alpha value is -3.21. The molecule has 0 saturated carbocycles. The molecular formula is C17H17ClFN9O. The lowest BCUT2D eigenvalue weighted by Gasteiger charge is -2.09. The summed E-state index contributed by atoms with van der Waals surface area (Å²) in [5, 5.41) is 17.0. The minimum atomic E-state index is -1.33. The van der Waals surface area contributed by atoms with Gasteiger partial charge in [-0.1, -0.05) is 11.6 Å². The first kappa shape index (κ1) is 17.9. The molecule has 12 heteroatoms. The fraction of sp³-hybridized carbons (Fsp3) is 0.353. The summed E-state index contributed by atoms with van der Waals surface area (Å²) < 4.78 is 25.2. The summed E-state index contributed by atoms with van der Waals surface area (Å²) in [6, 6.07) is 1.90. The van der Waals surface area contributed by atoms with Crippen LogP contribution in [0.25, 0.3) is 16.9 Å². The van der Waals surface area contributed by atoms with Gasteiger partial charge in [0.2, 0.25) is 5.95 Å². The molecule has 0 amide bonds. The molecule has 1 aliphatic rings. The van der Waals surface area contributed by atoms with Gasteiger partial charge in [-0.25, -0.2) is 18.7 Å². The van der Waals surface area contributed by atoms with Gasteiger partial charge in [0.05, 0.1) is 23.3 Å². The largest absolute Gasteiger partial charge is 0.472 e. The second-order valence-corrected chi connectivity index (χ2v) is 7.24. The van der Waals surface area contributed by atoms with Crippen molar-refractivity contribution in [3.8, 4) is 11.7 Å². The number of ether oxygens (including phenoxy) is 1. The van der Waals surface area contributed by atoms with Crippen LogP contribution in [0.4, 0.5) is 16.0 Å². The Balaban J connectivity index is 1.66. The SMILES string of the molecule is Cc1cc(-n2nc3c(c2C)Nc2ncc4c(Cl)nn(c4n2)C[C@H](F)CO3)n(C)n1. The third-order valence-electron chi connectivity index (χ3n) is 4.73. The maximum atomic E-state index is 14.6. The minimum absolute atomic E-state index is 0.0460. The maximum Gasteiger partial charge on any atom is 0.257 e. The summed E-state index contributed by atoms with van der Waals surface area (Å²) in [6.07, 6.45) is 0.231. The van der Waals surface area contributed by atoms with E-state index in [4.69, 9.17) is 16.3 Å². The van der Waals surface area contributed by atoms with Crippen molar-refractivity contribution < 1.29 is 9.13 Å². The van der Waals surface area contributed by atoms with E-state index in [0.29, 0.717) is 22.7 Å². The van der Waals surface area contributed by atoms with Crippen LogP contribution in [0, 0.1) is 13.8 Å². The Morgan fingerprint density at radius 3 is 2.86 bits per heavy atom. The lowest BCUT2D eigenvalue weighted by molar-refractivity contribution is 0.171. The molecule has 0 unspecified atom stereocenters. The van der Waals surface area contributed by atoms with Crippen LogP contribution in [0.2, 0.25) is 5.15 Å². The van der Waals surface area contributed by atoms with E-state index in [0.717, 1.165) is 17.2 Å². The van der Waals surface area contributed by atoms with E-state index >= 15 is 0 Å². The number of nitrogens with zero attached hydrogens (tertiary/aromatic N) is 8. The van der Waals surface area contributed by atoms with Gasteiger partial charge in [0.1, 0.15) is 12.3 Å². The van der Waals surface area contributed by atoms with Crippen LogP contribution >= 0.6 is 11.6 Å². The third-order valence-corrected chi connectivity index (χ3v) is 5.01. The first-order valence-corrected chi connectivity index (χ1v) is 9.32. The molecule has 2 bridgehead atoms. The highest BCUT2D eigenvalue weighted by molar-refractivity contribution is 6.34. The maximum absolute atomic E-state index is 14.6. The van der Waals surface area contributed by atoms with Gasteiger partial charge in [-0.05, 0) is 13.8 Å². The molecule has 150 valence electrons. The van der Waals surface area contributed by atoms with Gasteiger partial charge >= 0.3 is 0 Å². The summed E-state index contributed by atoms with van der Waals surface area (Å²) in [6.45, 7) is 3.53. The van der Waals surface area contributed by atoms with Crippen LogP contribution in [0.3, 0.4) is 0 Å². The zero-order valence-electron chi connectivity index (χ0n) is 15.9. The zero-order chi connectivity index (χ0) is 20.3. The van der Waals surface area contributed by atoms with E-state index in [1.807, 2.05) is 27.0 Å². The van der Waals surface area contributed by atoms with Crippen molar-refractivity contribution in [1.82, 2.24) is 39.3 Å². The predicted octanol–water partition coefficient (Wildman–Crippen LogP) is 2.49. The molecule has 1 N–H and O–H groups in total. The van der Waals surface area contributed by atoms with E-state index in [1.165, 1.54) is 4.68 Å². The number of alkyl halides is 1. The number of hydrogen-bond donors (Lipinski definition) is 1. The molecule has 0 fully saturated rings. The van der Waals surface area contributed by atoms with E-state index in [1.54, 1.807) is 15.6 Å². The second kappa shape index (κ2) is 6.41. The van der Waals surface area contributed by atoms with Crippen molar-refractivity contribution in [2.24, 2.45) is 7.05 Å². The van der Waals surface area contributed by atoms with E-state index in [9.17, 15) is 4.39 Å². The molecule has 5 heterocycles. The highest BCUT2D eigenvalue weighted by Crippen LogP contribution is 2.33. The molecule has 0 saturated heterocycles. The van der Waals surface area contributed by atoms with Crippen LogP contribution in [-0.2, 0) is 13.6 Å². The quantitative estimate of drug-likeness (QED) is 0.507. The normalized spacial score (nSPS) is 16.4. The Kier molecular flexibility index (Phi) is 3.95. The number of rotatable bonds is 1. The summed E-state index contributed by atoms with van der Waals surface area (Å²) in [5.41, 5.74) is 2.60. The Morgan fingerprint density at radius 2 is 2.10 bits per heavy atom. The van der Waals surface area contributed by atoms with E-state index < -0.39 is 6.17 Å². The van der Waals surface area contributed by atoms with Gasteiger partial charge in [0, 0.05) is 19.3 Å². The Morgan fingerprint density at radius 1 is 1.28 bits per heavy atom. The highest BCUT2D eigenvalue weighted by Gasteiger charge is 2.24. The first-order chi connectivity index (χ1) is 13.9. The smallest absolute Gasteiger partial charge is 0.257 e. The van der Waals surface area contributed by atoms with Crippen molar-refractivity contribution in [3.63, 3.8) is 0 Å². The van der Waals surface area contributed by atoms with Crippen molar-refractivity contribution in [1.29, 1.82) is 0 Å². The molecular weight excluding hydrogens is 401 g/mol. The molecule has 0 aliphatic carbocycles. The van der Waals surface area contributed by atoms with Gasteiger partial charge in [0.15, 0.2) is 22.8 Å². The number of aryl methyl sites for hydroxylation is 2. The summed E-state index contributed by atoms with van der Waals surface area (Å²) in [5.74, 6) is 1.31. The van der Waals surface area contributed by atoms with Gasteiger partial charge in [-0.3, -0.25) is 4.68 Å². The number of anilines is 2. The fourth-order valence-corrected chi connectivity index (χ4v) is 3.60. The molecule has 0 aromatic carbocycles. The number of halogens is 2. The minimum Gasteiger partial charge on any atom is -0.472 e. The lowest BCUT2D eigenvalue weighted by atomic mass is 10.3. The fourth-order valence-electron chi connectivity index (χ4n) is 3.37. The highest BCUT2D eigenvalue weighted by atomic mass is 35.5. The van der Waals surface area contributed by atoms with Crippen LogP contribution < -0.4 is 10.1 Å². The lowest BCUT2D eigenvalue weighted by Crippen LogP contribution is -2.20. The summed E-state index contributed by atoms with van der Waals surface area (Å²) in [7, 11) is 1.83. The number of aromatic nitrogens is 8. The molecule has 1 aliphatic heterocycles. The molecule has 29 heavy (non-hydrogen) atoms. The number of fused-ring (bicyclic) bond motifs is 2. The average molecular weight is 418 g/mol. The summed E-state index contributed by atoms with van der Waals surface area (Å²) in [4.78, 5) is 8.78. The molecule has 10 nitrogen and oxygen atoms in total. The monoisotopic (exact) mass is 417 g/mol. The van der Waals surface area contributed by atoms with Gasteiger partial charge in [0.25, 0.3) is 5.88 Å². The second-order valence-electron chi connectivity index (χ2n) is 6.88. The molecule has 0 radical (unpaired) electrons. The van der Waals surface area contributed by atoms with Gasteiger partial charge in [-0.2, -0.15) is 15.2 Å². The van der Waals surface area contributed by atoms with E-state index in [-0.39, 0.29) is 24.2 Å². The Labute approximate surface area is 169 Å². The molecule has 4 aromatic heterocycles. The molecule has 0 spiro atoms. The first-order valence-electron chi connectivity index (χ1n) is 8.94. The summed E-state index contributed by atoms with van der Waals surface area (Å²) >= 11 is 6.13. The number of nitrogens with one attached hydrogen (secondary N) is 1. The van der Waals surface area contributed by atoms with Crippen LogP contribution in [0.5, 0.6) is 5.88 Å². The van der Waals surface area contributed by atoms with Gasteiger partial charge < -0.3 is 10.1 Å². The predicted molar refractivity (Wildman–Crippen MR) is 104 cm³/mol. The molecule has 5 rings (SSSR count). The molecule has 1 atom stereocenters. The van der Waals surface area contributed by atoms with Crippen molar-refractivity contribution >= 4 is 34.3 Å². The van der Waals surface area contributed by atoms with Crippen molar-refractivity contribution in [3.05, 3.63) is 28.8 Å². The molecule has 4 aromatic rings. The van der Waals surface area contributed by atoms with Crippen molar-refractivity contribution in [2.45, 2.75) is 26.6 Å². The van der Waals surface area contributed by atoms with Crippen LogP contribution in [0.15, 0.2) is 12.3 Å². The third kappa shape index (κ3) is 2.89. The van der Waals surface area contributed by atoms with Crippen molar-refractivity contribution in [2.75, 3.05) is 11.9 Å². The number of hydrogen-bond acceptors (Lipinski definition) is 7.